The van der Waals surface area contributed by atoms with Crippen LogP contribution in [0.25, 0.3) is 0 Å². The van der Waals surface area contributed by atoms with Crippen LogP contribution in [0, 0.1) is 11.5 Å². The smallest absolute Gasteiger partial charge is 0.350 e. The highest BCUT2D eigenvalue weighted by atomic mass is 16.5. The minimum absolute atomic E-state index is 0.154. The van der Waals surface area contributed by atoms with Gasteiger partial charge in [0.15, 0.2) is 6.10 Å². The number of carbonyl (C=O) groups is 1. The second kappa shape index (κ2) is 5.00. The quantitative estimate of drug-likeness (QED) is 0.561. The van der Waals surface area contributed by atoms with Crippen molar-refractivity contribution in [2.45, 2.75) is 12.5 Å². The predicted molar refractivity (Wildman–Crippen MR) is 47.9 cm³/mol. The molecule has 14 heavy (non-hydrogen) atoms. The molecule has 1 rings (SSSR count). The fourth-order valence-electron chi connectivity index (χ4n) is 1.03. The highest BCUT2D eigenvalue weighted by molar-refractivity contribution is 5.75. The number of rotatable bonds is 3. The maximum Gasteiger partial charge on any atom is 0.350 e. The molecule has 4 nitrogen and oxygen atoms in total. The Bertz CT molecular complexity index is 342. The van der Waals surface area contributed by atoms with E-state index in [4.69, 9.17) is 5.26 Å². The summed E-state index contributed by atoms with van der Waals surface area (Å²) in [6.45, 7) is 0. The summed E-state index contributed by atoms with van der Waals surface area (Å²) >= 11 is 0. The van der Waals surface area contributed by atoms with Crippen LogP contribution in [0.15, 0.2) is 30.3 Å². The van der Waals surface area contributed by atoms with Gasteiger partial charge in [-0.2, -0.15) is 0 Å². The molecule has 0 fully saturated rings. The van der Waals surface area contributed by atoms with E-state index in [0.29, 0.717) is 0 Å². The van der Waals surface area contributed by atoms with E-state index in [1.54, 1.807) is 24.3 Å². The zero-order chi connectivity index (χ0) is 10.4. The van der Waals surface area contributed by atoms with Crippen LogP contribution in [0.5, 0.6) is 0 Å². The number of ether oxygens (including phenoxy) is 1. The van der Waals surface area contributed by atoms with Crippen LogP contribution in [0.3, 0.4) is 0 Å². The van der Waals surface area contributed by atoms with Crippen molar-refractivity contribution in [2.75, 3.05) is 0 Å². The second-order valence-corrected chi connectivity index (χ2v) is 2.72. The lowest BCUT2D eigenvalue weighted by atomic mass is 10.1. The molecule has 0 aliphatic carbocycles. The molecule has 0 aromatic heterocycles. The lowest BCUT2D eigenvalue weighted by Crippen LogP contribution is -2.23. The number of benzene rings is 1. The van der Waals surface area contributed by atoms with E-state index < -0.39 is 12.1 Å². The maximum absolute atomic E-state index is 10.9. The molecule has 72 valence electrons. The molecule has 0 saturated heterocycles. The van der Waals surface area contributed by atoms with Crippen molar-refractivity contribution < 1.29 is 14.6 Å². The van der Waals surface area contributed by atoms with Gasteiger partial charge >= 0.3 is 5.97 Å². The molecule has 0 heterocycles. The normalized spacial score (nSPS) is 11.4. The van der Waals surface area contributed by atoms with Gasteiger partial charge in [-0.1, -0.05) is 30.3 Å². The Morgan fingerprint density at radius 2 is 2.14 bits per heavy atom. The summed E-state index contributed by atoms with van der Waals surface area (Å²) in [5, 5.41) is 17.3. The number of nitrogens with zero attached hydrogens (tertiary/aromatic N) is 1. The minimum Gasteiger partial charge on any atom is -0.381 e. The molecule has 4 heteroatoms. The van der Waals surface area contributed by atoms with Gasteiger partial charge in [-0.15, -0.1) is 5.26 Å². The number of esters is 1. The molecule has 0 saturated carbocycles. The van der Waals surface area contributed by atoms with Crippen molar-refractivity contribution in [1.82, 2.24) is 0 Å². The number of nitriles is 1. The van der Waals surface area contributed by atoms with Crippen LogP contribution in [0.4, 0.5) is 0 Å². The Labute approximate surface area is 81.4 Å². The van der Waals surface area contributed by atoms with Gasteiger partial charge in [0.05, 0.1) is 0 Å². The van der Waals surface area contributed by atoms with Crippen LogP contribution < -0.4 is 0 Å². The van der Waals surface area contributed by atoms with E-state index in [2.05, 4.69) is 4.74 Å². The fourth-order valence-corrected chi connectivity index (χ4v) is 1.03. The molecule has 0 unspecified atom stereocenters. The summed E-state index contributed by atoms with van der Waals surface area (Å²) in [6.07, 6.45) is 0.0982. The summed E-state index contributed by atoms with van der Waals surface area (Å²) in [5.41, 5.74) is 0.815. The summed E-state index contributed by atoms with van der Waals surface area (Å²) in [4.78, 5) is 10.9. The lowest BCUT2D eigenvalue weighted by molar-refractivity contribution is -0.146. The monoisotopic (exact) mass is 191 g/mol. The molecule has 0 amide bonds. The van der Waals surface area contributed by atoms with Crippen LogP contribution >= 0.6 is 0 Å². The average Bonchev–Trinajstić information content (AvgIpc) is 2.19. The van der Waals surface area contributed by atoms with Crippen molar-refractivity contribution in [1.29, 1.82) is 5.26 Å². The van der Waals surface area contributed by atoms with Gasteiger partial charge in [-0.3, -0.25) is 0 Å². The summed E-state index contributed by atoms with van der Waals surface area (Å²) < 4.78 is 3.99. The third-order valence-corrected chi connectivity index (χ3v) is 1.69. The van der Waals surface area contributed by atoms with Crippen molar-refractivity contribution in [2.24, 2.45) is 0 Å². The van der Waals surface area contributed by atoms with Gasteiger partial charge in [0.1, 0.15) is 0 Å². The molecular weight excluding hydrogens is 182 g/mol. The van der Waals surface area contributed by atoms with Crippen LogP contribution in [0.2, 0.25) is 0 Å². The number of aliphatic hydroxyl groups excluding tert-OH is 1. The summed E-state index contributed by atoms with van der Waals surface area (Å²) in [7, 11) is 0. The first kappa shape index (κ1) is 10.2. The predicted octanol–water partition coefficient (Wildman–Crippen LogP) is 0.614. The Kier molecular flexibility index (Phi) is 3.65. The molecule has 0 bridgehead atoms. The van der Waals surface area contributed by atoms with E-state index in [-0.39, 0.29) is 6.42 Å². The molecular formula is C10H9NO3. The van der Waals surface area contributed by atoms with E-state index >= 15 is 0 Å². The number of carbonyl (C=O) groups excluding carboxylic acids is 1. The van der Waals surface area contributed by atoms with E-state index in [0.717, 1.165) is 5.56 Å². The first-order valence-electron chi connectivity index (χ1n) is 4.06. The van der Waals surface area contributed by atoms with Gasteiger partial charge in [0, 0.05) is 6.42 Å². The number of hydrogen-bond donors (Lipinski definition) is 1. The highest BCUT2D eigenvalue weighted by Gasteiger charge is 2.16. The molecule has 1 aromatic rings. The molecule has 0 spiro atoms. The van der Waals surface area contributed by atoms with Crippen molar-refractivity contribution in [3.63, 3.8) is 0 Å². The Morgan fingerprint density at radius 1 is 1.50 bits per heavy atom. The molecule has 1 aromatic carbocycles. The maximum atomic E-state index is 10.9. The first-order valence-corrected chi connectivity index (χ1v) is 4.06. The SMILES string of the molecule is N#COC(=O)[C@@H](O)Cc1ccccc1. The number of aliphatic hydroxyl groups is 1. The molecule has 1 N–H and O–H groups in total. The molecule has 1 atom stereocenters. The molecule has 0 aliphatic rings. The van der Waals surface area contributed by atoms with Gasteiger partial charge in [-0.05, 0) is 5.56 Å². The Hall–Kier alpha value is -1.86. The van der Waals surface area contributed by atoms with Crippen molar-refractivity contribution >= 4 is 5.97 Å². The van der Waals surface area contributed by atoms with Crippen LogP contribution in [0.1, 0.15) is 5.56 Å². The Balaban J connectivity index is 2.54. The zero-order valence-electron chi connectivity index (χ0n) is 7.38. The molecule has 0 radical (unpaired) electrons. The minimum atomic E-state index is -1.28. The zero-order valence-corrected chi connectivity index (χ0v) is 7.38. The van der Waals surface area contributed by atoms with Crippen LogP contribution in [-0.4, -0.2) is 17.2 Å². The van der Waals surface area contributed by atoms with Gasteiger partial charge in [-0.25, -0.2) is 4.79 Å². The Morgan fingerprint density at radius 3 is 2.71 bits per heavy atom. The fraction of sp³-hybridized carbons (Fsp3) is 0.200. The van der Waals surface area contributed by atoms with E-state index in [9.17, 15) is 9.90 Å². The first-order chi connectivity index (χ1) is 6.74. The van der Waals surface area contributed by atoms with Crippen molar-refractivity contribution in [3.8, 4) is 6.26 Å². The number of hydrogen-bond acceptors (Lipinski definition) is 4. The summed E-state index contributed by atoms with van der Waals surface area (Å²) in [6, 6.07) is 9.00. The van der Waals surface area contributed by atoms with Gasteiger partial charge in [0.2, 0.25) is 0 Å². The van der Waals surface area contributed by atoms with Crippen molar-refractivity contribution in [3.05, 3.63) is 35.9 Å². The third kappa shape index (κ3) is 2.88. The average molecular weight is 191 g/mol. The highest BCUT2D eigenvalue weighted by Crippen LogP contribution is 2.03. The van der Waals surface area contributed by atoms with E-state index in [1.807, 2.05) is 6.07 Å². The summed E-state index contributed by atoms with van der Waals surface area (Å²) in [5.74, 6) is -0.920. The molecule has 0 aliphatic heterocycles. The second-order valence-electron chi connectivity index (χ2n) is 2.72. The van der Waals surface area contributed by atoms with Gasteiger partial charge < -0.3 is 9.84 Å². The van der Waals surface area contributed by atoms with Crippen LogP contribution in [-0.2, 0) is 16.0 Å². The topological polar surface area (TPSA) is 70.3 Å². The largest absolute Gasteiger partial charge is 0.381 e. The third-order valence-electron chi connectivity index (χ3n) is 1.69. The standard InChI is InChI=1S/C10H9NO3/c11-7-14-10(13)9(12)6-8-4-2-1-3-5-8/h1-5,9,12H,6H2/t9-/m0/s1. The lowest BCUT2D eigenvalue weighted by Gasteiger charge is -2.05. The van der Waals surface area contributed by atoms with E-state index in [1.165, 1.54) is 6.26 Å². The van der Waals surface area contributed by atoms with Gasteiger partial charge in [0.25, 0.3) is 6.26 Å².